The van der Waals surface area contributed by atoms with Crippen LogP contribution in [0, 0.1) is 0 Å². The molecular weight excluding hydrogens is 242 g/mol. The number of nitrogens with zero attached hydrogens (tertiary/aromatic N) is 4. The van der Waals surface area contributed by atoms with Crippen molar-refractivity contribution in [3.8, 4) is 0 Å². The summed E-state index contributed by atoms with van der Waals surface area (Å²) in [5, 5.41) is 7.55. The third kappa shape index (κ3) is 2.80. The van der Waals surface area contributed by atoms with Crippen molar-refractivity contribution < 1.29 is 4.52 Å². The molecule has 6 heteroatoms. The normalized spacial score (nSPS) is 31.6. The average Bonchev–Trinajstić information content (AvgIpc) is 2.88. The summed E-state index contributed by atoms with van der Waals surface area (Å²) >= 11 is 0. The fourth-order valence-electron chi connectivity index (χ4n) is 3.03. The van der Waals surface area contributed by atoms with Gasteiger partial charge in [0.1, 0.15) is 0 Å². The van der Waals surface area contributed by atoms with Crippen molar-refractivity contribution in [3.63, 3.8) is 0 Å². The van der Waals surface area contributed by atoms with E-state index in [9.17, 15) is 0 Å². The molecular formula is C13H23N5O. The van der Waals surface area contributed by atoms with Gasteiger partial charge in [-0.05, 0) is 13.5 Å². The molecule has 3 fully saturated rings. The van der Waals surface area contributed by atoms with Gasteiger partial charge in [-0.1, -0.05) is 12.1 Å². The average molecular weight is 265 g/mol. The summed E-state index contributed by atoms with van der Waals surface area (Å²) in [4.78, 5) is 9.55. The molecule has 0 radical (unpaired) electrons. The molecule has 2 atom stereocenters. The second-order valence-electron chi connectivity index (χ2n) is 5.56. The molecule has 4 rings (SSSR count). The molecule has 106 valence electrons. The Hall–Kier alpha value is -0.980. The lowest BCUT2D eigenvalue weighted by Gasteiger charge is -2.46. The molecule has 3 aliphatic heterocycles. The maximum absolute atomic E-state index is 5.40. The van der Waals surface area contributed by atoms with Gasteiger partial charge in [0.2, 0.25) is 5.89 Å². The molecule has 1 aromatic rings. The molecule has 19 heavy (non-hydrogen) atoms. The van der Waals surface area contributed by atoms with Crippen molar-refractivity contribution in [3.05, 3.63) is 11.7 Å². The first-order valence-electron chi connectivity index (χ1n) is 7.28. The fourth-order valence-corrected chi connectivity index (χ4v) is 3.03. The molecule has 2 unspecified atom stereocenters. The molecule has 3 aliphatic rings. The van der Waals surface area contributed by atoms with E-state index < -0.39 is 0 Å². The minimum Gasteiger partial charge on any atom is -0.339 e. The van der Waals surface area contributed by atoms with Gasteiger partial charge in [-0.25, -0.2) is 0 Å². The van der Waals surface area contributed by atoms with Crippen molar-refractivity contribution in [1.82, 2.24) is 25.3 Å². The lowest BCUT2D eigenvalue weighted by atomic mass is 10.1. The van der Waals surface area contributed by atoms with E-state index in [1.165, 1.54) is 13.1 Å². The largest absolute Gasteiger partial charge is 0.339 e. The van der Waals surface area contributed by atoms with Crippen LogP contribution in [0.1, 0.15) is 31.6 Å². The predicted molar refractivity (Wildman–Crippen MR) is 71.9 cm³/mol. The van der Waals surface area contributed by atoms with E-state index in [2.05, 4.69) is 39.1 Å². The Bertz CT molecular complexity index is 413. The number of nitrogens with one attached hydrogen (secondary N) is 1. The van der Waals surface area contributed by atoms with Gasteiger partial charge in [-0.3, -0.25) is 9.80 Å². The zero-order valence-electron chi connectivity index (χ0n) is 11.8. The maximum Gasteiger partial charge on any atom is 0.228 e. The first-order valence-corrected chi connectivity index (χ1v) is 7.28. The summed E-state index contributed by atoms with van der Waals surface area (Å²) in [6.07, 6.45) is 0.803. The molecule has 1 N–H and O–H groups in total. The number of hydrogen-bond donors (Lipinski definition) is 1. The fraction of sp³-hybridized carbons (Fsp3) is 0.846. The smallest absolute Gasteiger partial charge is 0.228 e. The summed E-state index contributed by atoms with van der Waals surface area (Å²) in [5.41, 5.74) is 0. The number of rotatable bonds is 5. The van der Waals surface area contributed by atoms with Crippen LogP contribution in [0.15, 0.2) is 4.52 Å². The van der Waals surface area contributed by atoms with Gasteiger partial charge in [-0.15, -0.1) is 0 Å². The Kier molecular flexibility index (Phi) is 3.81. The van der Waals surface area contributed by atoms with Crippen LogP contribution in [0.5, 0.6) is 0 Å². The van der Waals surface area contributed by atoms with Gasteiger partial charge in [-0.2, -0.15) is 4.98 Å². The van der Waals surface area contributed by atoms with Crippen LogP contribution in [-0.4, -0.2) is 65.3 Å². The van der Waals surface area contributed by atoms with Crippen molar-refractivity contribution in [2.75, 3.05) is 39.3 Å². The predicted octanol–water partition coefficient (Wildman–Crippen LogP) is 0.282. The van der Waals surface area contributed by atoms with Crippen molar-refractivity contribution in [2.24, 2.45) is 0 Å². The Balaban J connectivity index is 1.64. The van der Waals surface area contributed by atoms with E-state index in [1.807, 2.05) is 0 Å². The molecule has 2 bridgehead atoms. The highest BCUT2D eigenvalue weighted by atomic mass is 16.5. The maximum atomic E-state index is 5.40. The van der Waals surface area contributed by atoms with Crippen LogP contribution in [0.4, 0.5) is 0 Å². The van der Waals surface area contributed by atoms with Gasteiger partial charge < -0.3 is 9.84 Å². The first-order chi connectivity index (χ1) is 9.26. The standard InChI is InChI=1S/C13H23N5O/c1-3-14-10(2)8-12-15-13(16-19-12)11-9-17-4-6-18(11)7-5-17/h10-11,14H,3-9H2,1-2H3. The second kappa shape index (κ2) is 5.56. The molecule has 3 saturated heterocycles. The number of piperazine rings is 3. The highest BCUT2D eigenvalue weighted by Crippen LogP contribution is 2.26. The number of hydrogen-bond acceptors (Lipinski definition) is 6. The SMILES string of the molecule is CCNC(C)Cc1nc(C2CN3CCN2CC3)no1. The van der Waals surface area contributed by atoms with E-state index in [0.29, 0.717) is 12.1 Å². The summed E-state index contributed by atoms with van der Waals surface area (Å²) < 4.78 is 5.40. The number of aromatic nitrogens is 2. The van der Waals surface area contributed by atoms with Crippen molar-refractivity contribution in [2.45, 2.75) is 32.4 Å². The summed E-state index contributed by atoms with van der Waals surface area (Å²) in [5.74, 6) is 1.61. The molecule has 0 aromatic carbocycles. The zero-order valence-corrected chi connectivity index (χ0v) is 11.8. The highest BCUT2D eigenvalue weighted by molar-refractivity contribution is 5.01. The zero-order chi connectivity index (χ0) is 13.2. The van der Waals surface area contributed by atoms with E-state index in [4.69, 9.17) is 4.52 Å². The van der Waals surface area contributed by atoms with E-state index >= 15 is 0 Å². The molecule has 0 amide bonds. The molecule has 0 saturated carbocycles. The van der Waals surface area contributed by atoms with E-state index in [0.717, 1.165) is 44.3 Å². The lowest BCUT2D eigenvalue weighted by Crippen LogP contribution is -2.57. The Labute approximate surface area is 114 Å². The van der Waals surface area contributed by atoms with Gasteiger partial charge >= 0.3 is 0 Å². The van der Waals surface area contributed by atoms with Gasteiger partial charge in [0.15, 0.2) is 5.82 Å². The minimum absolute atomic E-state index is 0.328. The molecule has 4 heterocycles. The third-order valence-corrected chi connectivity index (χ3v) is 4.09. The highest BCUT2D eigenvalue weighted by Gasteiger charge is 2.35. The quantitative estimate of drug-likeness (QED) is 0.825. The van der Waals surface area contributed by atoms with Crippen molar-refractivity contribution in [1.29, 1.82) is 0 Å². The topological polar surface area (TPSA) is 57.4 Å². The minimum atomic E-state index is 0.328. The molecule has 0 spiro atoms. The lowest BCUT2D eigenvalue weighted by molar-refractivity contribution is 0.00781. The summed E-state index contributed by atoms with van der Waals surface area (Å²) in [7, 11) is 0. The molecule has 1 aromatic heterocycles. The van der Waals surface area contributed by atoms with Gasteiger partial charge in [0.05, 0.1) is 6.04 Å². The van der Waals surface area contributed by atoms with Crippen LogP contribution < -0.4 is 5.32 Å². The number of likely N-dealkylation sites (N-methyl/N-ethyl adjacent to an activating group) is 1. The monoisotopic (exact) mass is 265 g/mol. The number of fused-ring (bicyclic) bond motifs is 3. The van der Waals surface area contributed by atoms with Crippen LogP contribution in [0.25, 0.3) is 0 Å². The Morgan fingerprint density at radius 1 is 1.37 bits per heavy atom. The Morgan fingerprint density at radius 2 is 2.16 bits per heavy atom. The summed E-state index contributed by atoms with van der Waals surface area (Å²) in [6.45, 7) is 10.9. The van der Waals surface area contributed by atoms with Crippen LogP contribution in [0.3, 0.4) is 0 Å². The summed E-state index contributed by atoms with van der Waals surface area (Å²) in [6, 6.07) is 0.708. The van der Waals surface area contributed by atoms with Gasteiger partial charge in [0, 0.05) is 45.2 Å². The first kappa shape index (κ1) is 13.0. The van der Waals surface area contributed by atoms with E-state index in [-0.39, 0.29) is 0 Å². The van der Waals surface area contributed by atoms with Crippen LogP contribution in [0.2, 0.25) is 0 Å². The second-order valence-corrected chi connectivity index (χ2v) is 5.56. The van der Waals surface area contributed by atoms with Crippen LogP contribution in [-0.2, 0) is 6.42 Å². The van der Waals surface area contributed by atoms with E-state index in [1.54, 1.807) is 0 Å². The van der Waals surface area contributed by atoms with Crippen LogP contribution >= 0.6 is 0 Å². The third-order valence-electron chi connectivity index (χ3n) is 4.09. The molecule has 6 nitrogen and oxygen atoms in total. The Morgan fingerprint density at radius 3 is 2.79 bits per heavy atom. The van der Waals surface area contributed by atoms with Crippen molar-refractivity contribution >= 4 is 0 Å². The van der Waals surface area contributed by atoms with Gasteiger partial charge in [0.25, 0.3) is 0 Å². The molecule has 0 aliphatic carbocycles.